The van der Waals surface area contributed by atoms with Gasteiger partial charge in [-0.25, -0.2) is 4.98 Å². The summed E-state index contributed by atoms with van der Waals surface area (Å²) < 4.78 is 5.85. The molecule has 0 aliphatic rings. The first kappa shape index (κ1) is 14.5. The monoisotopic (exact) mass is 292 g/mol. The van der Waals surface area contributed by atoms with Crippen LogP contribution in [0.4, 0.5) is 0 Å². The Hall–Kier alpha value is -1.95. The van der Waals surface area contributed by atoms with Crippen LogP contribution >= 0.6 is 11.3 Å². The maximum absolute atomic E-state index is 11.6. The Morgan fingerprint density at radius 2 is 2.15 bits per heavy atom. The van der Waals surface area contributed by atoms with Crippen LogP contribution in [0.3, 0.4) is 0 Å². The summed E-state index contributed by atoms with van der Waals surface area (Å²) >= 11 is 1.59. The van der Waals surface area contributed by atoms with Gasteiger partial charge in [-0.2, -0.15) is 0 Å². The lowest BCUT2D eigenvalue weighted by Crippen LogP contribution is -2.30. The summed E-state index contributed by atoms with van der Waals surface area (Å²) in [5, 5.41) is 3.46. The second-order valence-corrected chi connectivity index (χ2v) is 5.27. The molecule has 6 heteroatoms. The topological polar surface area (TPSA) is 68.3 Å². The summed E-state index contributed by atoms with van der Waals surface area (Å²) in [7, 11) is 0. The highest BCUT2D eigenvalue weighted by Gasteiger charge is 2.08. The van der Waals surface area contributed by atoms with Crippen LogP contribution in [0, 0.1) is 0 Å². The molecule has 0 bridgehead atoms. The maximum atomic E-state index is 11.6. The molecule has 20 heavy (non-hydrogen) atoms. The van der Waals surface area contributed by atoms with E-state index in [2.05, 4.69) is 10.3 Å². The predicted molar refractivity (Wildman–Crippen MR) is 77.6 cm³/mol. The molecule has 5 nitrogen and oxygen atoms in total. The van der Waals surface area contributed by atoms with Crippen molar-refractivity contribution >= 4 is 33.4 Å². The van der Waals surface area contributed by atoms with Gasteiger partial charge < -0.3 is 10.1 Å². The molecule has 106 valence electrons. The summed E-state index contributed by atoms with van der Waals surface area (Å²) in [5.74, 6) is -0.585. The lowest BCUT2D eigenvalue weighted by atomic mass is 10.3. The Labute approximate surface area is 121 Å². The van der Waals surface area contributed by atoms with E-state index in [4.69, 9.17) is 4.74 Å². The summed E-state index contributed by atoms with van der Waals surface area (Å²) in [6, 6.07) is 7.88. The zero-order valence-corrected chi connectivity index (χ0v) is 12.0. The number of thiazole rings is 1. The van der Waals surface area contributed by atoms with Gasteiger partial charge in [0.05, 0.1) is 21.8 Å². The molecule has 0 atom stereocenters. The van der Waals surface area contributed by atoms with Crippen molar-refractivity contribution in [3.8, 4) is 0 Å². The number of hydrogen-bond acceptors (Lipinski definition) is 5. The van der Waals surface area contributed by atoms with Crippen molar-refractivity contribution in [1.29, 1.82) is 0 Å². The number of benzene rings is 1. The van der Waals surface area contributed by atoms with Gasteiger partial charge in [-0.15, -0.1) is 11.3 Å². The number of ether oxygens (including phenoxy) is 1. The van der Waals surface area contributed by atoms with Gasteiger partial charge in [0.1, 0.15) is 6.54 Å². The van der Waals surface area contributed by atoms with Crippen molar-refractivity contribution in [3.63, 3.8) is 0 Å². The van der Waals surface area contributed by atoms with E-state index in [0.717, 1.165) is 15.2 Å². The third kappa shape index (κ3) is 4.03. The standard InChI is InChI=1S/C14H16N2O3S/c1-2-19-14(18)9-15-12(17)7-8-13-16-10-5-3-4-6-11(10)20-13/h3-6H,2,7-9H2,1H3,(H,15,17). The molecule has 0 aliphatic carbocycles. The van der Waals surface area contributed by atoms with Gasteiger partial charge in [-0.05, 0) is 19.1 Å². The summed E-state index contributed by atoms with van der Waals surface area (Å²) in [4.78, 5) is 27.1. The zero-order valence-electron chi connectivity index (χ0n) is 11.2. The van der Waals surface area contributed by atoms with Gasteiger partial charge in [0.2, 0.25) is 5.91 Å². The third-order valence-corrected chi connectivity index (χ3v) is 3.74. The lowest BCUT2D eigenvalue weighted by Gasteiger charge is -2.03. The molecular weight excluding hydrogens is 276 g/mol. The Balaban J connectivity index is 1.79. The number of rotatable bonds is 6. The van der Waals surface area contributed by atoms with Gasteiger partial charge in [0, 0.05) is 12.8 Å². The number of carbonyl (C=O) groups excluding carboxylic acids is 2. The number of amides is 1. The Morgan fingerprint density at radius 3 is 2.90 bits per heavy atom. The quantitative estimate of drug-likeness (QED) is 0.826. The highest BCUT2D eigenvalue weighted by Crippen LogP contribution is 2.22. The predicted octanol–water partition coefficient (Wildman–Crippen LogP) is 1.91. The van der Waals surface area contributed by atoms with Gasteiger partial charge in [0.25, 0.3) is 0 Å². The van der Waals surface area contributed by atoms with Crippen molar-refractivity contribution in [2.24, 2.45) is 0 Å². The largest absolute Gasteiger partial charge is 0.465 e. The van der Waals surface area contributed by atoms with Gasteiger partial charge >= 0.3 is 5.97 Å². The highest BCUT2D eigenvalue weighted by atomic mass is 32.1. The number of nitrogens with zero attached hydrogens (tertiary/aromatic N) is 1. The molecule has 0 saturated heterocycles. The average molecular weight is 292 g/mol. The number of fused-ring (bicyclic) bond motifs is 1. The van der Waals surface area contributed by atoms with E-state index in [-0.39, 0.29) is 12.5 Å². The first-order valence-electron chi connectivity index (χ1n) is 6.46. The fraction of sp³-hybridized carbons (Fsp3) is 0.357. The van der Waals surface area contributed by atoms with Crippen LogP contribution < -0.4 is 5.32 Å². The smallest absolute Gasteiger partial charge is 0.325 e. The second kappa shape index (κ2) is 7.00. The van der Waals surface area contributed by atoms with E-state index in [9.17, 15) is 9.59 Å². The van der Waals surface area contributed by atoms with E-state index < -0.39 is 5.97 Å². The summed E-state index contributed by atoms with van der Waals surface area (Å²) in [5.41, 5.74) is 0.958. The van der Waals surface area contributed by atoms with Gasteiger partial charge in [-0.3, -0.25) is 9.59 Å². The van der Waals surface area contributed by atoms with E-state index in [0.29, 0.717) is 19.4 Å². The van der Waals surface area contributed by atoms with Crippen LogP contribution in [-0.2, 0) is 20.7 Å². The van der Waals surface area contributed by atoms with Crippen molar-refractivity contribution in [1.82, 2.24) is 10.3 Å². The molecule has 2 aromatic rings. The first-order valence-corrected chi connectivity index (χ1v) is 7.27. The molecule has 2 rings (SSSR count). The Morgan fingerprint density at radius 1 is 1.35 bits per heavy atom. The van der Waals surface area contributed by atoms with Crippen LogP contribution in [0.25, 0.3) is 10.2 Å². The minimum absolute atomic E-state index is 0.0769. The van der Waals surface area contributed by atoms with E-state index in [1.807, 2.05) is 24.3 Å². The summed E-state index contributed by atoms with van der Waals surface area (Å²) in [6.07, 6.45) is 0.896. The van der Waals surface area contributed by atoms with Crippen molar-refractivity contribution in [3.05, 3.63) is 29.3 Å². The molecular formula is C14H16N2O3S. The van der Waals surface area contributed by atoms with Crippen LogP contribution in [0.5, 0.6) is 0 Å². The normalized spacial score (nSPS) is 10.4. The van der Waals surface area contributed by atoms with Crippen LogP contribution in [-0.4, -0.2) is 30.0 Å². The zero-order chi connectivity index (χ0) is 14.4. The fourth-order valence-corrected chi connectivity index (χ4v) is 2.69. The number of aryl methyl sites for hydroxylation is 1. The van der Waals surface area contributed by atoms with Crippen LogP contribution in [0.2, 0.25) is 0 Å². The Kier molecular flexibility index (Phi) is 5.06. The van der Waals surface area contributed by atoms with Crippen molar-refractivity contribution in [2.45, 2.75) is 19.8 Å². The fourth-order valence-electron chi connectivity index (χ4n) is 1.72. The third-order valence-electron chi connectivity index (χ3n) is 2.64. The molecule has 0 aliphatic heterocycles. The average Bonchev–Trinajstić information content (AvgIpc) is 2.86. The minimum Gasteiger partial charge on any atom is -0.465 e. The molecule has 0 saturated carbocycles. The lowest BCUT2D eigenvalue weighted by molar-refractivity contribution is -0.143. The van der Waals surface area contributed by atoms with Crippen LogP contribution in [0.15, 0.2) is 24.3 Å². The minimum atomic E-state index is -0.416. The van der Waals surface area contributed by atoms with E-state index >= 15 is 0 Å². The Bertz CT molecular complexity index is 576. The van der Waals surface area contributed by atoms with Gasteiger partial charge in [0.15, 0.2) is 0 Å². The molecule has 1 heterocycles. The number of para-hydroxylation sites is 1. The van der Waals surface area contributed by atoms with Crippen molar-refractivity contribution < 1.29 is 14.3 Å². The number of nitrogens with one attached hydrogen (secondary N) is 1. The number of carbonyl (C=O) groups is 2. The molecule has 1 N–H and O–H groups in total. The molecule has 1 aromatic carbocycles. The molecule has 0 unspecified atom stereocenters. The number of hydrogen-bond donors (Lipinski definition) is 1. The molecule has 0 fully saturated rings. The SMILES string of the molecule is CCOC(=O)CNC(=O)CCc1nc2ccccc2s1. The molecule has 0 radical (unpaired) electrons. The van der Waals surface area contributed by atoms with Crippen molar-refractivity contribution in [2.75, 3.05) is 13.2 Å². The van der Waals surface area contributed by atoms with Crippen LogP contribution in [0.1, 0.15) is 18.4 Å². The van der Waals surface area contributed by atoms with E-state index in [1.165, 1.54) is 0 Å². The molecule has 1 aromatic heterocycles. The molecule has 1 amide bonds. The number of esters is 1. The second-order valence-electron chi connectivity index (χ2n) is 4.16. The number of aromatic nitrogens is 1. The molecule has 0 spiro atoms. The maximum Gasteiger partial charge on any atom is 0.325 e. The van der Waals surface area contributed by atoms with Gasteiger partial charge in [-0.1, -0.05) is 12.1 Å². The highest BCUT2D eigenvalue weighted by molar-refractivity contribution is 7.18. The summed E-state index contributed by atoms with van der Waals surface area (Å²) in [6.45, 7) is 1.97. The first-order chi connectivity index (χ1) is 9.69. The van der Waals surface area contributed by atoms with E-state index in [1.54, 1.807) is 18.3 Å².